The van der Waals surface area contributed by atoms with Crippen molar-refractivity contribution in [1.29, 1.82) is 0 Å². The summed E-state index contributed by atoms with van der Waals surface area (Å²) in [6.45, 7) is 2.81. The molecule has 0 bridgehead atoms. The van der Waals surface area contributed by atoms with Gasteiger partial charge in [-0.2, -0.15) is 0 Å². The van der Waals surface area contributed by atoms with Crippen LogP contribution in [0.4, 0.5) is 0 Å². The maximum atomic E-state index is 12.0. The molecule has 0 spiro atoms. The Kier molecular flexibility index (Phi) is 3.87. The number of nitrogens with one attached hydrogen (secondary N) is 1. The van der Waals surface area contributed by atoms with Crippen molar-refractivity contribution in [3.8, 4) is 0 Å². The van der Waals surface area contributed by atoms with E-state index in [2.05, 4.69) is 21.2 Å². The molecule has 0 unspecified atom stereocenters. The van der Waals surface area contributed by atoms with E-state index in [0.717, 1.165) is 29.4 Å². The lowest BCUT2D eigenvalue weighted by molar-refractivity contribution is 0.0944. The van der Waals surface area contributed by atoms with Crippen LogP contribution < -0.4 is 5.32 Å². The highest BCUT2D eigenvalue weighted by molar-refractivity contribution is 9.09. The molecule has 92 valence electrons. The number of hydrogen-bond donors (Lipinski definition) is 1. The predicted octanol–water partition coefficient (Wildman–Crippen LogP) is 3.29. The van der Waals surface area contributed by atoms with Gasteiger partial charge in [0.1, 0.15) is 0 Å². The van der Waals surface area contributed by atoms with E-state index in [4.69, 9.17) is 0 Å². The summed E-state index contributed by atoms with van der Waals surface area (Å²) >= 11 is 3.47. The van der Waals surface area contributed by atoms with Gasteiger partial charge in [0.2, 0.25) is 0 Å². The summed E-state index contributed by atoms with van der Waals surface area (Å²) in [6.07, 6.45) is 3.64. The molecule has 1 aliphatic carbocycles. The van der Waals surface area contributed by atoms with Crippen molar-refractivity contribution in [3.05, 3.63) is 35.4 Å². The van der Waals surface area contributed by atoms with E-state index in [1.165, 1.54) is 12.8 Å². The second kappa shape index (κ2) is 5.21. The monoisotopic (exact) mass is 295 g/mol. The van der Waals surface area contributed by atoms with Crippen LogP contribution in [0.15, 0.2) is 24.3 Å². The number of carbonyl (C=O) groups excluding carboxylic acids is 1. The van der Waals surface area contributed by atoms with Crippen molar-refractivity contribution < 1.29 is 4.79 Å². The maximum absolute atomic E-state index is 12.0. The molecule has 0 saturated heterocycles. The lowest BCUT2D eigenvalue weighted by atomic mass is 10.0. The van der Waals surface area contributed by atoms with E-state index in [-0.39, 0.29) is 5.91 Å². The number of alkyl halides is 1. The van der Waals surface area contributed by atoms with Gasteiger partial charge < -0.3 is 5.32 Å². The average molecular weight is 296 g/mol. The first-order valence-electron chi connectivity index (χ1n) is 6.06. The van der Waals surface area contributed by atoms with Crippen molar-refractivity contribution in [3.63, 3.8) is 0 Å². The molecule has 0 radical (unpaired) electrons. The summed E-state index contributed by atoms with van der Waals surface area (Å²) in [6, 6.07) is 7.73. The predicted molar refractivity (Wildman–Crippen MR) is 73.6 cm³/mol. The first kappa shape index (κ1) is 12.6. The second-order valence-electron chi connectivity index (χ2n) is 4.99. The third kappa shape index (κ3) is 3.32. The van der Waals surface area contributed by atoms with Crippen LogP contribution in [0.3, 0.4) is 0 Å². The molecule has 1 fully saturated rings. The van der Waals surface area contributed by atoms with Gasteiger partial charge in [-0.25, -0.2) is 0 Å². The van der Waals surface area contributed by atoms with Crippen LogP contribution in [0.5, 0.6) is 0 Å². The molecule has 1 saturated carbocycles. The van der Waals surface area contributed by atoms with Crippen LogP contribution in [-0.4, -0.2) is 17.8 Å². The smallest absolute Gasteiger partial charge is 0.251 e. The SMILES string of the molecule is Cc1cccc(C(=O)NCC2(CCBr)CC2)c1. The fourth-order valence-electron chi connectivity index (χ4n) is 2.05. The highest BCUT2D eigenvalue weighted by Gasteiger charge is 2.41. The third-order valence-electron chi connectivity index (χ3n) is 3.49. The van der Waals surface area contributed by atoms with Crippen LogP contribution in [0.2, 0.25) is 0 Å². The summed E-state index contributed by atoms with van der Waals surface area (Å²) in [5.41, 5.74) is 2.27. The van der Waals surface area contributed by atoms with Crippen molar-refractivity contribution >= 4 is 21.8 Å². The van der Waals surface area contributed by atoms with Crippen molar-refractivity contribution in [2.75, 3.05) is 11.9 Å². The van der Waals surface area contributed by atoms with Crippen LogP contribution in [-0.2, 0) is 0 Å². The van der Waals surface area contributed by atoms with Crippen molar-refractivity contribution in [1.82, 2.24) is 5.32 Å². The summed E-state index contributed by atoms with van der Waals surface area (Å²) < 4.78 is 0. The maximum Gasteiger partial charge on any atom is 0.251 e. The number of amides is 1. The molecule has 0 atom stereocenters. The lowest BCUT2D eigenvalue weighted by Crippen LogP contribution is -2.30. The third-order valence-corrected chi connectivity index (χ3v) is 3.88. The quantitative estimate of drug-likeness (QED) is 0.830. The Morgan fingerprint density at radius 1 is 1.47 bits per heavy atom. The molecule has 0 heterocycles. The van der Waals surface area contributed by atoms with E-state index in [9.17, 15) is 4.79 Å². The Balaban J connectivity index is 1.90. The average Bonchev–Trinajstić information content (AvgIpc) is 3.07. The number of hydrogen-bond acceptors (Lipinski definition) is 1. The summed E-state index contributed by atoms with van der Waals surface area (Å²) in [7, 11) is 0. The van der Waals surface area contributed by atoms with E-state index in [0.29, 0.717) is 5.41 Å². The molecular formula is C14H18BrNO. The van der Waals surface area contributed by atoms with Gasteiger partial charge >= 0.3 is 0 Å². The molecule has 17 heavy (non-hydrogen) atoms. The van der Waals surface area contributed by atoms with E-state index in [1.807, 2.05) is 31.2 Å². The summed E-state index contributed by atoms with van der Waals surface area (Å²) in [4.78, 5) is 12.0. The largest absolute Gasteiger partial charge is 0.351 e. The molecule has 1 aromatic carbocycles. The second-order valence-corrected chi connectivity index (χ2v) is 5.78. The van der Waals surface area contributed by atoms with Crippen molar-refractivity contribution in [2.24, 2.45) is 5.41 Å². The van der Waals surface area contributed by atoms with Gasteiger partial charge in [0, 0.05) is 17.4 Å². The van der Waals surface area contributed by atoms with Crippen LogP contribution in [0.25, 0.3) is 0 Å². The zero-order valence-corrected chi connectivity index (χ0v) is 11.7. The number of carbonyl (C=O) groups is 1. The van der Waals surface area contributed by atoms with E-state index < -0.39 is 0 Å². The minimum absolute atomic E-state index is 0.0505. The lowest BCUT2D eigenvalue weighted by Gasteiger charge is -2.14. The summed E-state index contributed by atoms with van der Waals surface area (Å²) in [5, 5.41) is 4.08. The van der Waals surface area contributed by atoms with Crippen molar-refractivity contribution in [2.45, 2.75) is 26.2 Å². The number of benzene rings is 1. The first-order chi connectivity index (χ1) is 8.15. The topological polar surface area (TPSA) is 29.1 Å². The van der Waals surface area contributed by atoms with Gasteiger partial charge in [0.15, 0.2) is 0 Å². The van der Waals surface area contributed by atoms with Gasteiger partial charge in [-0.05, 0) is 43.7 Å². The molecular weight excluding hydrogens is 278 g/mol. The van der Waals surface area contributed by atoms with E-state index in [1.54, 1.807) is 0 Å². The summed E-state index contributed by atoms with van der Waals surface area (Å²) in [5.74, 6) is 0.0505. The van der Waals surface area contributed by atoms with E-state index >= 15 is 0 Å². The molecule has 1 amide bonds. The molecule has 2 rings (SSSR count). The highest BCUT2D eigenvalue weighted by atomic mass is 79.9. The molecule has 0 aliphatic heterocycles. The highest BCUT2D eigenvalue weighted by Crippen LogP contribution is 2.48. The van der Waals surface area contributed by atoms with Gasteiger partial charge in [0.05, 0.1) is 0 Å². The Morgan fingerprint density at radius 3 is 2.82 bits per heavy atom. The minimum atomic E-state index is 0.0505. The van der Waals surface area contributed by atoms with Crippen LogP contribution in [0, 0.1) is 12.3 Å². The first-order valence-corrected chi connectivity index (χ1v) is 7.18. The minimum Gasteiger partial charge on any atom is -0.351 e. The number of halogens is 1. The van der Waals surface area contributed by atoms with Gasteiger partial charge in [-0.1, -0.05) is 33.6 Å². The van der Waals surface area contributed by atoms with Crippen LogP contribution >= 0.6 is 15.9 Å². The standard InChI is InChI=1S/C14H18BrNO/c1-11-3-2-4-12(9-11)13(17)16-10-14(5-6-14)7-8-15/h2-4,9H,5-8,10H2,1H3,(H,16,17). The zero-order chi connectivity index (χ0) is 12.3. The molecule has 1 N–H and O–H groups in total. The normalized spacial score (nSPS) is 16.6. The fourth-order valence-corrected chi connectivity index (χ4v) is 2.89. The Labute approximate surface area is 111 Å². The van der Waals surface area contributed by atoms with Gasteiger partial charge in [-0.3, -0.25) is 4.79 Å². The number of rotatable bonds is 5. The molecule has 3 heteroatoms. The number of aryl methyl sites for hydroxylation is 1. The van der Waals surface area contributed by atoms with Gasteiger partial charge in [-0.15, -0.1) is 0 Å². The Morgan fingerprint density at radius 2 is 2.24 bits per heavy atom. The Bertz CT molecular complexity index is 412. The van der Waals surface area contributed by atoms with Crippen LogP contribution in [0.1, 0.15) is 35.2 Å². The zero-order valence-electron chi connectivity index (χ0n) is 10.1. The fraction of sp³-hybridized carbons (Fsp3) is 0.500. The Hall–Kier alpha value is -0.830. The molecule has 1 aliphatic rings. The molecule has 0 aromatic heterocycles. The molecule has 1 aromatic rings. The van der Waals surface area contributed by atoms with Gasteiger partial charge in [0.25, 0.3) is 5.91 Å². The molecule has 2 nitrogen and oxygen atoms in total.